The normalized spacial score (nSPS) is 10.0. The molecule has 19 heavy (non-hydrogen) atoms. The molecule has 2 rings (SSSR count). The molecule has 0 amide bonds. The van der Waals surface area contributed by atoms with E-state index in [1.54, 1.807) is 12.1 Å². The van der Waals surface area contributed by atoms with Crippen molar-refractivity contribution >= 4 is 44.7 Å². The number of nitrogens with one attached hydrogen (secondary N) is 1. The van der Waals surface area contributed by atoms with Crippen molar-refractivity contribution in [2.24, 2.45) is 0 Å². The van der Waals surface area contributed by atoms with Gasteiger partial charge in [-0.15, -0.1) is 0 Å². The first kappa shape index (κ1) is 13.7. The molecule has 0 saturated heterocycles. The van der Waals surface area contributed by atoms with E-state index in [0.717, 1.165) is 15.7 Å². The zero-order valence-corrected chi connectivity index (χ0v) is 12.4. The van der Waals surface area contributed by atoms with Gasteiger partial charge in [-0.2, -0.15) is 5.26 Å². The number of nitrogens with two attached hydrogens (primary N) is 1. The Morgan fingerprint density at radius 3 is 2.84 bits per heavy atom. The molecule has 1 heterocycles. The van der Waals surface area contributed by atoms with Crippen molar-refractivity contribution in [3.05, 3.63) is 45.0 Å². The van der Waals surface area contributed by atoms with Crippen molar-refractivity contribution in [3.63, 3.8) is 0 Å². The molecule has 0 radical (unpaired) electrons. The Morgan fingerprint density at radius 2 is 2.16 bits per heavy atom. The Kier molecular flexibility index (Phi) is 3.93. The molecule has 0 aliphatic heterocycles. The zero-order valence-electron chi connectivity index (χ0n) is 10.0. The number of rotatable bonds is 2. The molecule has 0 bridgehead atoms. The third-order valence-corrected chi connectivity index (χ3v) is 3.59. The van der Waals surface area contributed by atoms with Gasteiger partial charge in [-0.3, -0.25) is 0 Å². The van der Waals surface area contributed by atoms with Gasteiger partial charge < -0.3 is 11.1 Å². The smallest absolute Gasteiger partial charge is 0.148 e. The average molecular weight is 338 g/mol. The van der Waals surface area contributed by atoms with Gasteiger partial charge in [0.2, 0.25) is 0 Å². The largest absolute Gasteiger partial charge is 0.397 e. The van der Waals surface area contributed by atoms with Crippen LogP contribution in [-0.2, 0) is 0 Å². The number of hydrogen-bond donors (Lipinski definition) is 2. The van der Waals surface area contributed by atoms with Crippen LogP contribution in [0, 0.1) is 18.3 Å². The highest BCUT2D eigenvalue weighted by Gasteiger charge is 2.09. The van der Waals surface area contributed by atoms with Crippen molar-refractivity contribution in [1.29, 1.82) is 5.26 Å². The van der Waals surface area contributed by atoms with Crippen LogP contribution >= 0.6 is 27.5 Å². The summed E-state index contributed by atoms with van der Waals surface area (Å²) in [4.78, 5) is 4.12. The fourth-order valence-corrected chi connectivity index (χ4v) is 2.26. The summed E-state index contributed by atoms with van der Waals surface area (Å²) < 4.78 is 0.844. The number of halogens is 2. The van der Waals surface area contributed by atoms with Gasteiger partial charge in [0.25, 0.3) is 0 Å². The van der Waals surface area contributed by atoms with E-state index < -0.39 is 0 Å². The summed E-state index contributed by atoms with van der Waals surface area (Å²) >= 11 is 9.53. The second kappa shape index (κ2) is 5.47. The van der Waals surface area contributed by atoms with Gasteiger partial charge in [0.15, 0.2) is 0 Å². The van der Waals surface area contributed by atoms with Crippen molar-refractivity contribution in [3.8, 4) is 6.07 Å². The SMILES string of the molecule is Cc1cc(Br)c(Nc2ncc(N)cc2C#N)cc1Cl. The van der Waals surface area contributed by atoms with Crippen LogP contribution in [0.5, 0.6) is 0 Å². The van der Waals surface area contributed by atoms with E-state index in [4.69, 9.17) is 22.6 Å². The second-order valence-electron chi connectivity index (χ2n) is 3.98. The van der Waals surface area contributed by atoms with E-state index in [2.05, 4.69) is 26.2 Å². The maximum atomic E-state index is 9.07. The molecule has 0 spiro atoms. The fraction of sp³-hybridized carbons (Fsp3) is 0.0769. The molecule has 6 heteroatoms. The minimum Gasteiger partial charge on any atom is -0.397 e. The van der Waals surface area contributed by atoms with E-state index in [9.17, 15) is 0 Å². The van der Waals surface area contributed by atoms with Crippen LogP contribution in [0.25, 0.3) is 0 Å². The van der Waals surface area contributed by atoms with Crippen LogP contribution in [0.3, 0.4) is 0 Å². The van der Waals surface area contributed by atoms with Crippen LogP contribution in [0.15, 0.2) is 28.9 Å². The summed E-state index contributed by atoms with van der Waals surface area (Å²) in [6.45, 7) is 1.92. The first-order chi connectivity index (χ1) is 9.01. The summed E-state index contributed by atoms with van der Waals surface area (Å²) in [5.74, 6) is 0.442. The first-order valence-electron chi connectivity index (χ1n) is 5.39. The van der Waals surface area contributed by atoms with Gasteiger partial charge in [0.05, 0.1) is 23.1 Å². The molecule has 0 aliphatic rings. The number of aryl methyl sites for hydroxylation is 1. The number of nitriles is 1. The Labute approximate surface area is 124 Å². The van der Waals surface area contributed by atoms with Crippen LogP contribution in [0.4, 0.5) is 17.2 Å². The maximum absolute atomic E-state index is 9.07. The third-order valence-electron chi connectivity index (χ3n) is 2.53. The highest BCUT2D eigenvalue weighted by atomic mass is 79.9. The monoisotopic (exact) mass is 336 g/mol. The zero-order chi connectivity index (χ0) is 14.0. The second-order valence-corrected chi connectivity index (χ2v) is 5.24. The lowest BCUT2D eigenvalue weighted by Gasteiger charge is -2.11. The third kappa shape index (κ3) is 2.98. The van der Waals surface area contributed by atoms with Crippen LogP contribution < -0.4 is 11.1 Å². The first-order valence-corrected chi connectivity index (χ1v) is 6.56. The molecule has 2 aromatic rings. The van der Waals surface area contributed by atoms with Crippen LogP contribution in [0.1, 0.15) is 11.1 Å². The van der Waals surface area contributed by atoms with Crippen molar-refractivity contribution in [2.45, 2.75) is 6.92 Å². The number of hydrogen-bond acceptors (Lipinski definition) is 4. The number of benzene rings is 1. The predicted molar refractivity (Wildman–Crippen MR) is 80.5 cm³/mol. The lowest BCUT2D eigenvalue weighted by atomic mass is 10.2. The summed E-state index contributed by atoms with van der Waals surface area (Å²) in [6, 6.07) is 7.29. The molecule has 1 aromatic carbocycles. The summed E-state index contributed by atoms with van der Waals surface area (Å²) in [7, 11) is 0. The number of nitrogen functional groups attached to an aromatic ring is 1. The van der Waals surface area contributed by atoms with E-state index >= 15 is 0 Å². The lowest BCUT2D eigenvalue weighted by molar-refractivity contribution is 1.28. The Morgan fingerprint density at radius 1 is 1.42 bits per heavy atom. The molecular weight excluding hydrogens is 328 g/mol. The summed E-state index contributed by atoms with van der Waals surface area (Å²) in [5.41, 5.74) is 8.13. The summed E-state index contributed by atoms with van der Waals surface area (Å²) in [6.07, 6.45) is 1.49. The maximum Gasteiger partial charge on any atom is 0.148 e. The van der Waals surface area contributed by atoms with Crippen molar-refractivity contribution in [2.75, 3.05) is 11.1 Å². The average Bonchev–Trinajstić information content (AvgIpc) is 2.37. The van der Waals surface area contributed by atoms with E-state index in [0.29, 0.717) is 22.1 Å². The minimum atomic E-state index is 0.378. The molecular formula is C13H10BrClN4. The lowest BCUT2D eigenvalue weighted by Crippen LogP contribution is -1.99. The Bertz CT molecular complexity index is 679. The molecule has 4 nitrogen and oxygen atoms in total. The highest BCUT2D eigenvalue weighted by Crippen LogP contribution is 2.31. The van der Waals surface area contributed by atoms with Crippen LogP contribution in [0.2, 0.25) is 5.02 Å². The van der Waals surface area contributed by atoms with Gasteiger partial charge in [0.1, 0.15) is 11.9 Å². The van der Waals surface area contributed by atoms with E-state index in [1.807, 2.05) is 19.1 Å². The quantitative estimate of drug-likeness (QED) is 0.868. The van der Waals surface area contributed by atoms with Gasteiger partial charge >= 0.3 is 0 Å². The van der Waals surface area contributed by atoms with Gasteiger partial charge in [-0.1, -0.05) is 11.6 Å². The van der Waals surface area contributed by atoms with Crippen molar-refractivity contribution in [1.82, 2.24) is 4.98 Å². The van der Waals surface area contributed by atoms with Crippen molar-refractivity contribution < 1.29 is 0 Å². The number of nitrogens with zero attached hydrogens (tertiary/aromatic N) is 2. The molecule has 1 aromatic heterocycles. The topological polar surface area (TPSA) is 74.7 Å². The van der Waals surface area contributed by atoms with Crippen LogP contribution in [-0.4, -0.2) is 4.98 Å². The number of aromatic nitrogens is 1. The minimum absolute atomic E-state index is 0.378. The van der Waals surface area contributed by atoms with Gasteiger partial charge in [-0.05, 0) is 46.6 Å². The molecule has 0 aliphatic carbocycles. The molecule has 3 N–H and O–H groups in total. The Balaban J connectivity index is 2.42. The van der Waals surface area contributed by atoms with E-state index in [-0.39, 0.29) is 0 Å². The fourth-order valence-electron chi connectivity index (χ4n) is 1.54. The number of anilines is 3. The Hall–Kier alpha value is -1.77. The predicted octanol–water partition coefficient (Wildman–Crippen LogP) is 4.00. The van der Waals surface area contributed by atoms with Gasteiger partial charge in [-0.25, -0.2) is 4.98 Å². The summed E-state index contributed by atoms with van der Waals surface area (Å²) in [5, 5.41) is 12.8. The van der Waals surface area contributed by atoms with Gasteiger partial charge in [0, 0.05) is 9.50 Å². The molecule has 0 unspecified atom stereocenters. The number of pyridine rings is 1. The van der Waals surface area contributed by atoms with E-state index in [1.165, 1.54) is 6.20 Å². The molecule has 96 valence electrons. The molecule has 0 atom stereocenters. The highest BCUT2D eigenvalue weighted by molar-refractivity contribution is 9.10. The standard InChI is InChI=1S/C13H10BrClN4/c1-7-2-10(14)12(4-11(7)15)19-13-8(5-16)3-9(17)6-18-13/h2-4,6H,17H2,1H3,(H,18,19). The molecule has 0 saturated carbocycles. The molecule has 0 fully saturated rings.